The van der Waals surface area contributed by atoms with Crippen LogP contribution in [0.5, 0.6) is 0 Å². The third kappa shape index (κ3) is 3.70. The van der Waals surface area contributed by atoms with Gasteiger partial charge in [-0.05, 0) is 45.6 Å². The van der Waals surface area contributed by atoms with Crippen LogP contribution >= 0.6 is 0 Å². The minimum absolute atomic E-state index is 0.196. The number of amides is 1. The minimum Gasteiger partial charge on any atom is -0.343 e. The maximum Gasteiger partial charge on any atom is 0.229 e. The molecule has 1 rings (SSSR count). The normalized spacial score (nSPS) is 26.9. The summed E-state index contributed by atoms with van der Waals surface area (Å²) in [6.07, 6.45) is 3.19. The second-order valence-corrected chi connectivity index (χ2v) is 6.24. The second kappa shape index (κ2) is 5.85. The van der Waals surface area contributed by atoms with Gasteiger partial charge in [0.15, 0.2) is 0 Å². The van der Waals surface area contributed by atoms with Gasteiger partial charge in [-0.25, -0.2) is 0 Å². The zero-order valence-corrected chi connectivity index (χ0v) is 12.0. The summed E-state index contributed by atoms with van der Waals surface area (Å²) in [5.74, 6) is 0.940. The molecular weight excluding hydrogens is 212 g/mol. The molecule has 1 aliphatic rings. The summed E-state index contributed by atoms with van der Waals surface area (Å²) in [5.41, 5.74) is -0.196. The van der Waals surface area contributed by atoms with E-state index >= 15 is 0 Å². The van der Waals surface area contributed by atoms with Crippen molar-refractivity contribution in [2.24, 2.45) is 11.3 Å². The summed E-state index contributed by atoms with van der Waals surface area (Å²) in [5, 5.41) is 3.34. The first-order valence-electron chi connectivity index (χ1n) is 6.85. The third-order valence-electron chi connectivity index (χ3n) is 3.91. The van der Waals surface area contributed by atoms with Crippen LogP contribution in [-0.2, 0) is 4.79 Å². The quantitative estimate of drug-likeness (QED) is 0.817. The molecule has 0 aromatic rings. The average Bonchev–Trinajstić information content (AvgIpc) is 2.27. The fraction of sp³-hybridized carbons (Fsp3) is 0.929. The Labute approximate surface area is 106 Å². The Kier molecular flexibility index (Phi) is 4.99. The van der Waals surface area contributed by atoms with E-state index in [0.717, 1.165) is 32.4 Å². The van der Waals surface area contributed by atoms with Crippen LogP contribution < -0.4 is 5.32 Å². The number of carbonyl (C=O) groups excluding carboxylic acids is 1. The lowest BCUT2D eigenvalue weighted by molar-refractivity contribution is -0.143. The molecule has 1 saturated heterocycles. The van der Waals surface area contributed by atoms with Gasteiger partial charge >= 0.3 is 0 Å². The smallest absolute Gasteiger partial charge is 0.229 e. The summed E-state index contributed by atoms with van der Waals surface area (Å²) < 4.78 is 0. The molecule has 0 aliphatic carbocycles. The van der Waals surface area contributed by atoms with E-state index in [4.69, 9.17) is 0 Å². The molecule has 1 fully saturated rings. The van der Waals surface area contributed by atoms with E-state index in [9.17, 15) is 4.79 Å². The number of rotatable bonds is 4. The van der Waals surface area contributed by atoms with Crippen molar-refractivity contribution in [3.63, 3.8) is 0 Å². The van der Waals surface area contributed by atoms with Crippen molar-refractivity contribution in [2.75, 3.05) is 20.1 Å². The van der Waals surface area contributed by atoms with Crippen molar-refractivity contribution in [3.8, 4) is 0 Å². The summed E-state index contributed by atoms with van der Waals surface area (Å²) in [6, 6.07) is 0.334. The zero-order valence-electron chi connectivity index (χ0n) is 12.0. The van der Waals surface area contributed by atoms with Gasteiger partial charge in [0.2, 0.25) is 5.91 Å². The van der Waals surface area contributed by atoms with E-state index < -0.39 is 0 Å². The molecule has 0 radical (unpaired) electrons. The van der Waals surface area contributed by atoms with Gasteiger partial charge in [-0.1, -0.05) is 13.8 Å². The predicted octanol–water partition coefficient (Wildman–Crippen LogP) is 2.27. The molecule has 3 nitrogen and oxygen atoms in total. The second-order valence-electron chi connectivity index (χ2n) is 6.24. The standard InChI is InChI=1S/C14H28N2O/c1-11(2)9-12(3)16(5)13(17)14(4)7-6-8-15-10-14/h11-12,15H,6-10H2,1-5H3. The van der Waals surface area contributed by atoms with Gasteiger partial charge in [0.25, 0.3) is 0 Å². The Hall–Kier alpha value is -0.570. The van der Waals surface area contributed by atoms with E-state index in [1.165, 1.54) is 0 Å². The topological polar surface area (TPSA) is 32.3 Å². The van der Waals surface area contributed by atoms with Crippen LogP contribution in [0.2, 0.25) is 0 Å². The Bertz CT molecular complexity index is 257. The Morgan fingerprint density at radius 2 is 2.06 bits per heavy atom. The highest BCUT2D eigenvalue weighted by Crippen LogP contribution is 2.28. The van der Waals surface area contributed by atoms with E-state index in [0.29, 0.717) is 17.9 Å². The van der Waals surface area contributed by atoms with Crippen LogP contribution in [0.15, 0.2) is 0 Å². The molecule has 1 amide bonds. The molecule has 1 heterocycles. The van der Waals surface area contributed by atoms with Gasteiger partial charge in [-0.2, -0.15) is 0 Å². The first-order valence-corrected chi connectivity index (χ1v) is 6.85. The summed E-state index contributed by atoms with van der Waals surface area (Å²) in [4.78, 5) is 14.5. The molecule has 0 aromatic carbocycles. The molecule has 0 saturated carbocycles. The first-order chi connectivity index (χ1) is 7.87. The minimum atomic E-state index is -0.196. The molecule has 100 valence electrons. The number of carbonyl (C=O) groups is 1. The van der Waals surface area contributed by atoms with Gasteiger partial charge in [0, 0.05) is 19.6 Å². The summed E-state index contributed by atoms with van der Waals surface area (Å²) >= 11 is 0. The van der Waals surface area contributed by atoms with Gasteiger partial charge in [-0.3, -0.25) is 4.79 Å². The number of piperidine rings is 1. The highest BCUT2D eigenvalue weighted by molar-refractivity contribution is 5.82. The van der Waals surface area contributed by atoms with Crippen LogP contribution in [0.3, 0.4) is 0 Å². The zero-order chi connectivity index (χ0) is 13.1. The van der Waals surface area contributed by atoms with Crippen LogP contribution in [0.25, 0.3) is 0 Å². The molecular formula is C14H28N2O. The Balaban J connectivity index is 2.61. The monoisotopic (exact) mass is 240 g/mol. The molecule has 0 aromatic heterocycles. The van der Waals surface area contributed by atoms with Gasteiger partial charge < -0.3 is 10.2 Å². The van der Waals surface area contributed by atoms with Crippen LogP contribution in [0, 0.1) is 11.3 Å². The number of nitrogens with one attached hydrogen (secondary N) is 1. The van der Waals surface area contributed by atoms with Gasteiger partial charge in [-0.15, -0.1) is 0 Å². The van der Waals surface area contributed by atoms with Crippen LogP contribution in [-0.4, -0.2) is 37.0 Å². The highest BCUT2D eigenvalue weighted by atomic mass is 16.2. The fourth-order valence-electron chi connectivity index (χ4n) is 2.71. The SMILES string of the molecule is CC(C)CC(C)N(C)C(=O)C1(C)CCCNC1. The van der Waals surface area contributed by atoms with Gasteiger partial charge in [0.05, 0.1) is 5.41 Å². The van der Waals surface area contributed by atoms with Crippen molar-refractivity contribution in [1.82, 2.24) is 10.2 Å². The molecule has 2 unspecified atom stereocenters. The maximum atomic E-state index is 12.5. The summed E-state index contributed by atoms with van der Waals surface area (Å²) in [6.45, 7) is 10.5. The fourth-order valence-corrected chi connectivity index (χ4v) is 2.71. The molecule has 17 heavy (non-hydrogen) atoms. The molecule has 2 atom stereocenters. The van der Waals surface area contributed by atoms with Crippen molar-refractivity contribution in [3.05, 3.63) is 0 Å². The molecule has 0 bridgehead atoms. The Morgan fingerprint density at radius 1 is 1.41 bits per heavy atom. The Morgan fingerprint density at radius 3 is 2.53 bits per heavy atom. The molecule has 1 N–H and O–H groups in total. The summed E-state index contributed by atoms with van der Waals surface area (Å²) in [7, 11) is 1.95. The van der Waals surface area contributed by atoms with Gasteiger partial charge in [0.1, 0.15) is 0 Å². The van der Waals surface area contributed by atoms with E-state index in [1.807, 2.05) is 11.9 Å². The lowest BCUT2D eigenvalue weighted by atomic mass is 9.81. The van der Waals surface area contributed by atoms with Crippen LogP contribution in [0.4, 0.5) is 0 Å². The van der Waals surface area contributed by atoms with E-state index in [2.05, 4.69) is 33.0 Å². The van der Waals surface area contributed by atoms with E-state index in [-0.39, 0.29) is 5.41 Å². The van der Waals surface area contributed by atoms with Crippen LogP contribution in [0.1, 0.15) is 47.0 Å². The number of nitrogens with zero attached hydrogens (tertiary/aromatic N) is 1. The van der Waals surface area contributed by atoms with Crippen molar-refractivity contribution < 1.29 is 4.79 Å². The highest BCUT2D eigenvalue weighted by Gasteiger charge is 2.37. The third-order valence-corrected chi connectivity index (χ3v) is 3.91. The maximum absolute atomic E-state index is 12.5. The lowest BCUT2D eigenvalue weighted by Crippen LogP contribution is -2.51. The van der Waals surface area contributed by atoms with E-state index in [1.54, 1.807) is 0 Å². The first kappa shape index (κ1) is 14.5. The molecule has 0 spiro atoms. The largest absolute Gasteiger partial charge is 0.343 e. The molecule has 1 aliphatic heterocycles. The number of hydrogen-bond acceptors (Lipinski definition) is 2. The van der Waals surface area contributed by atoms with Crippen molar-refractivity contribution in [1.29, 1.82) is 0 Å². The average molecular weight is 240 g/mol. The van der Waals surface area contributed by atoms with Crippen molar-refractivity contribution in [2.45, 2.75) is 53.0 Å². The van der Waals surface area contributed by atoms with Crippen molar-refractivity contribution >= 4 is 5.91 Å². The molecule has 3 heteroatoms. The predicted molar refractivity (Wildman–Crippen MR) is 71.9 cm³/mol. The number of hydrogen-bond donors (Lipinski definition) is 1. The lowest BCUT2D eigenvalue weighted by Gasteiger charge is -2.38.